The molecule has 0 aliphatic heterocycles. The minimum absolute atomic E-state index is 0.123. The number of amides is 1. The monoisotopic (exact) mass is 437 g/mol. The molecule has 0 fully saturated rings. The van der Waals surface area contributed by atoms with Crippen LogP contribution in [0.4, 0.5) is 0 Å². The van der Waals surface area contributed by atoms with E-state index in [0.717, 1.165) is 12.1 Å². The van der Waals surface area contributed by atoms with Crippen molar-refractivity contribution in [3.8, 4) is 17.4 Å². The van der Waals surface area contributed by atoms with Crippen LogP contribution >= 0.6 is 0 Å². The molecule has 0 bridgehead atoms. The van der Waals surface area contributed by atoms with E-state index in [9.17, 15) is 13.2 Å². The number of benzene rings is 1. The molecule has 1 aromatic carbocycles. The van der Waals surface area contributed by atoms with Crippen molar-refractivity contribution in [1.82, 2.24) is 15.6 Å². The number of nitrogens with one attached hydrogen (secondary N) is 2. The molecular formula is C20H27N3O6S. The van der Waals surface area contributed by atoms with Crippen LogP contribution in [0.25, 0.3) is 0 Å². The highest BCUT2D eigenvalue weighted by atomic mass is 32.2. The first-order valence-electron chi connectivity index (χ1n) is 9.22. The van der Waals surface area contributed by atoms with E-state index < -0.39 is 21.9 Å². The van der Waals surface area contributed by atoms with Crippen molar-refractivity contribution in [2.24, 2.45) is 5.41 Å². The first kappa shape index (κ1) is 23.6. The lowest BCUT2D eigenvalue weighted by Gasteiger charge is -2.19. The van der Waals surface area contributed by atoms with Gasteiger partial charge in [-0.2, -0.15) is 8.42 Å². The molecule has 0 saturated carbocycles. The van der Waals surface area contributed by atoms with Crippen LogP contribution in [0.15, 0.2) is 36.5 Å². The normalized spacial score (nSPS) is 11.8. The van der Waals surface area contributed by atoms with Crippen LogP contribution in [0.5, 0.6) is 17.4 Å². The van der Waals surface area contributed by atoms with Crippen molar-refractivity contribution in [3.63, 3.8) is 0 Å². The zero-order chi connectivity index (χ0) is 22.4. The molecule has 10 heteroatoms. The van der Waals surface area contributed by atoms with Crippen LogP contribution in [0, 0.1) is 5.41 Å². The Kier molecular flexibility index (Phi) is 7.77. The topological polar surface area (TPSA) is 127 Å². The third kappa shape index (κ3) is 7.97. The van der Waals surface area contributed by atoms with Crippen molar-refractivity contribution < 1.29 is 27.2 Å². The van der Waals surface area contributed by atoms with Crippen LogP contribution in [0.3, 0.4) is 0 Å². The number of carbonyl (C=O) groups excluding carboxylic acids is 1. The molecule has 0 spiro atoms. The summed E-state index contributed by atoms with van der Waals surface area (Å²) in [5.74, 6) is -0.317. The number of hydrogen-bond donors (Lipinski definition) is 3. The third-order valence-electron chi connectivity index (χ3n) is 3.84. The first-order chi connectivity index (χ1) is 14.0. The Bertz CT molecular complexity index is 969. The maximum atomic E-state index is 11.9. The summed E-state index contributed by atoms with van der Waals surface area (Å²) >= 11 is 0. The number of ether oxygens (including phenoxy) is 2. The lowest BCUT2D eigenvalue weighted by Crippen LogP contribution is -2.29. The molecule has 0 atom stereocenters. The minimum atomic E-state index is -4.30. The molecule has 1 heterocycles. The van der Waals surface area contributed by atoms with Crippen LogP contribution in [-0.4, -0.2) is 43.4 Å². The second-order valence-electron chi connectivity index (χ2n) is 7.87. The molecule has 2 aromatic rings. The van der Waals surface area contributed by atoms with Gasteiger partial charge in [0, 0.05) is 25.4 Å². The molecular weight excluding hydrogens is 410 g/mol. The molecule has 0 aliphatic carbocycles. The van der Waals surface area contributed by atoms with Gasteiger partial charge in [0.05, 0.1) is 12.7 Å². The summed E-state index contributed by atoms with van der Waals surface area (Å²) in [5, 5.41) is 5.47. The smallest absolute Gasteiger partial charge is 0.283 e. The van der Waals surface area contributed by atoms with E-state index in [4.69, 9.17) is 14.0 Å². The van der Waals surface area contributed by atoms with E-state index in [1.54, 1.807) is 13.2 Å². The van der Waals surface area contributed by atoms with Crippen molar-refractivity contribution in [1.29, 1.82) is 0 Å². The van der Waals surface area contributed by atoms with E-state index in [2.05, 4.69) is 36.4 Å². The molecule has 3 N–H and O–H groups in total. The fourth-order valence-electron chi connectivity index (χ4n) is 2.43. The second kappa shape index (κ2) is 9.88. The van der Waals surface area contributed by atoms with Crippen molar-refractivity contribution >= 4 is 16.0 Å². The van der Waals surface area contributed by atoms with Gasteiger partial charge in [-0.15, -0.1) is 0 Å². The Morgan fingerprint density at radius 1 is 1.17 bits per heavy atom. The molecule has 0 radical (unpaired) electrons. The van der Waals surface area contributed by atoms with Crippen LogP contribution in [0.2, 0.25) is 0 Å². The molecule has 1 aromatic heterocycles. The maximum Gasteiger partial charge on any atom is 0.283 e. The maximum absolute atomic E-state index is 11.9. The first-order valence-corrected chi connectivity index (χ1v) is 10.8. The SMILES string of the molecule is COc1cc(CNCC(C)(C)C)ccc1Oc1ccc(C(=O)NCS(=O)(=O)O)cn1. The van der Waals surface area contributed by atoms with Crippen LogP contribution in [-0.2, 0) is 16.7 Å². The van der Waals surface area contributed by atoms with Gasteiger partial charge in [0.2, 0.25) is 5.88 Å². The highest BCUT2D eigenvalue weighted by Crippen LogP contribution is 2.31. The summed E-state index contributed by atoms with van der Waals surface area (Å²) in [5.41, 5.74) is 1.36. The average Bonchev–Trinajstić information content (AvgIpc) is 2.66. The average molecular weight is 438 g/mol. The van der Waals surface area contributed by atoms with E-state index in [1.807, 2.05) is 12.1 Å². The number of hydrogen-bond acceptors (Lipinski definition) is 7. The van der Waals surface area contributed by atoms with E-state index in [-0.39, 0.29) is 16.9 Å². The lowest BCUT2D eigenvalue weighted by atomic mass is 9.97. The highest BCUT2D eigenvalue weighted by Gasteiger charge is 2.13. The predicted octanol–water partition coefficient (Wildman–Crippen LogP) is 2.59. The molecule has 0 saturated heterocycles. The molecule has 164 valence electrons. The summed E-state index contributed by atoms with van der Waals surface area (Å²) in [6.07, 6.45) is 1.24. The fraction of sp³-hybridized carbons (Fsp3) is 0.400. The lowest BCUT2D eigenvalue weighted by molar-refractivity contribution is 0.0958. The van der Waals surface area contributed by atoms with E-state index >= 15 is 0 Å². The molecule has 0 aliphatic rings. The largest absolute Gasteiger partial charge is 0.493 e. The Morgan fingerprint density at radius 2 is 1.90 bits per heavy atom. The summed E-state index contributed by atoms with van der Waals surface area (Å²) in [7, 11) is -2.75. The zero-order valence-corrected chi connectivity index (χ0v) is 18.2. The van der Waals surface area contributed by atoms with Gasteiger partial charge in [-0.1, -0.05) is 26.8 Å². The van der Waals surface area contributed by atoms with Gasteiger partial charge >= 0.3 is 0 Å². The number of aromatic nitrogens is 1. The van der Waals surface area contributed by atoms with E-state index in [0.29, 0.717) is 18.0 Å². The number of methoxy groups -OCH3 is 1. The number of pyridine rings is 1. The Hall–Kier alpha value is -2.69. The zero-order valence-electron chi connectivity index (χ0n) is 17.4. The van der Waals surface area contributed by atoms with Gasteiger partial charge in [-0.05, 0) is 29.2 Å². The second-order valence-corrected chi connectivity index (χ2v) is 9.32. The van der Waals surface area contributed by atoms with Crippen molar-refractivity contribution in [2.45, 2.75) is 27.3 Å². The number of rotatable bonds is 9. The predicted molar refractivity (Wildman–Crippen MR) is 112 cm³/mol. The van der Waals surface area contributed by atoms with Gasteiger partial charge in [-0.25, -0.2) is 4.98 Å². The molecule has 2 rings (SSSR count). The van der Waals surface area contributed by atoms with Gasteiger partial charge in [0.25, 0.3) is 16.0 Å². The molecule has 9 nitrogen and oxygen atoms in total. The standard InChI is InChI=1S/C20H27N3O6S/c1-20(2,3)12-21-10-14-5-7-16(17(9-14)28-4)29-18-8-6-15(11-22-18)19(24)23-13-30(25,26)27/h5-9,11,21H,10,12-13H2,1-4H3,(H,23,24)(H,25,26,27). The van der Waals surface area contributed by atoms with Gasteiger partial charge in [0.1, 0.15) is 5.88 Å². The molecule has 1 amide bonds. The van der Waals surface area contributed by atoms with Crippen molar-refractivity contribution in [2.75, 3.05) is 19.5 Å². The minimum Gasteiger partial charge on any atom is -0.493 e. The van der Waals surface area contributed by atoms with E-state index in [1.165, 1.54) is 18.3 Å². The number of carbonyl (C=O) groups is 1. The summed E-state index contributed by atoms with van der Waals surface area (Å²) in [6.45, 7) is 8.05. The van der Waals surface area contributed by atoms with Gasteiger partial charge in [0.15, 0.2) is 11.5 Å². The number of nitrogens with zero attached hydrogens (tertiary/aromatic N) is 1. The summed E-state index contributed by atoms with van der Waals surface area (Å²) in [6, 6.07) is 8.48. The highest BCUT2D eigenvalue weighted by molar-refractivity contribution is 7.85. The summed E-state index contributed by atoms with van der Waals surface area (Å²) < 4.78 is 41.2. The Morgan fingerprint density at radius 3 is 2.47 bits per heavy atom. The van der Waals surface area contributed by atoms with Crippen LogP contribution < -0.4 is 20.1 Å². The fourth-order valence-corrected chi connectivity index (χ4v) is 2.75. The Balaban J connectivity index is 2.02. The third-order valence-corrected chi connectivity index (χ3v) is 4.35. The van der Waals surface area contributed by atoms with Gasteiger partial charge < -0.3 is 20.1 Å². The van der Waals surface area contributed by atoms with Crippen molar-refractivity contribution in [3.05, 3.63) is 47.7 Å². The van der Waals surface area contributed by atoms with Crippen LogP contribution in [0.1, 0.15) is 36.7 Å². The quantitative estimate of drug-likeness (QED) is 0.511. The van der Waals surface area contributed by atoms with Gasteiger partial charge in [-0.3, -0.25) is 9.35 Å². The summed E-state index contributed by atoms with van der Waals surface area (Å²) in [4.78, 5) is 15.9. The Labute approximate surface area is 176 Å². The molecule has 30 heavy (non-hydrogen) atoms. The molecule has 0 unspecified atom stereocenters.